The van der Waals surface area contributed by atoms with Gasteiger partial charge in [0.1, 0.15) is 24.4 Å². The van der Waals surface area contributed by atoms with Crippen LogP contribution < -0.4 is 0 Å². The summed E-state index contributed by atoms with van der Waals surface area (Å²) in [4.78, 5) is 0. The maximum Gasteiger partial charge on any atom is 0.115 e. The summed E-state index contributed by atoms with van der Waals surface area (Å²) in [5, 5.41) is 1.39. The molecule has 0 aliphatic carbocycles. The quantitative estimate of drug-likeness (QED) is 0.114. The number of benzene rings is 5. The molecule has 0 saturated carbocycles. The number of aryl methyl sites for hydroxylation is 2. The third-order valence-corrected chi connectivity index (χ3v) is 9.48. The maximum atomic E-state index is 6.65. The summed E-state index contributed by atoms with van der Waals surface area (Å²) in [6.07, 6.45) is 1.71. The van der Waals surface area contributed by atoms with Gasteiger partial charge in [0.2, 0.25) is 0 Å². The SMILES string of the molecule is CCc1cn(C)c2ccccc12.C[C@@H]1O[C@H](COCc2ccccc2)[C@@H](OCc2ccccc2)[C@H](OCc2ccccc2)[C@H]1OCc1ccccc1. The summed E-state index contributed by atoms with van der Waals surface area (Å²) in [5.41, 5.74) is 7.18. The van der Waals surface area contributed by atoms with Crippen molar-refractivity contribution < 1.29 is 23.7 Å². The fourth-order valence-corrected chi connectivity index (χ4v) is 6.73. The van der Waals surface area contributed by atoms with E-state index >= 15 is 0 Å². The number of fused-ring (bicyclic) bond motifs is 1. The molecule has 1 aliphatic rings. The Morgan fingerprint density at radius 1 is 0.538 bits per heavy atom. The van der Waals surface area contributed by atoms with Gasteiger partial charge in [-0.2, -0.15) is 0 Å². The second-order valence-corrected chi connectivity index (χ2v) is 13.3. The van der Waals surface area contributed by atoms with Crippen LogP contribution in [0.25, 0.3) is 10.9 Å². The van der Waals surface area contributed by atoms with Crippen molar-refractivity contribution in [2.75, 3.05) is 6.61 Å². The Labute approximate surface area is 308 Å². The molecular weight excluding hydrogens is 647 g/mol. The van der Waals surface area contributed by atoms with Gasteiger partial charge in [0, 0.05) is 24.1 Å². The molecule has 0 bridgehead atoms. The number of rotatable bonds is 14. The normalized spacial score (nSPS) is 19.9. The van der Waals surface area contributed by atoms with Crippen molar-refractivity contribution in [3.05, 3.63) is 180 Å². The lowest BCUT2D eigenvalue weighted by Gasteiger charge is -2.45. The molecule has 6 aromatic rings. The van der Waals surface area contributed by atoms with Crippen LogP contribution in [0, 0.1) is 0 Å². The average molecular weight is 698 g/mol. The van der Waals surface area contributed by atoms with Gasteiger partial charge in [-0.05, 0) is 47.2 Å². The van der Waals surface area contributed by atoms with Crippen LogP contribution in [0.3, 0.4) is 0 Å². The van der Waals surface area contributed by atoms with Gasteiger partial charge in [0.05, 0.1) is 39.1 Å². The van der Waals surface area contributed by atoms with E-state index < -0.39 is 6.10 Å². The Kier molecular flexibility index (Phi) is 13.8. The first-order valence-corrected chi connectivity index (χ1v) is 18.4. The van der Waals surface area contributed by atoms with E-state index in [0.717, 1.165) is 28.7 Å². The molecule has 1 saturated heterocycles. The number of ether oxygens (including phenoxy) is 5. The smallest absolute Gasteiger partial charge is 0.115 e. The standard InChI is InChI=1S/C35H38O5.C11H13N/c1-27-33(37-23-29-16-8-3-9-17-29)35(39-25-31-20-12-5-13-21-31)34(38-24-30-18-10-4-11-19-30)32(40-27)26-36-22-28-14-6-2-7-15-28;1-3-9-8-12(2)11-7-5-4-6-10(9)11/h2-21,27,32-35H,22-26H2,1H3;4-8H,3H2,1-2H3/t27-,32+,33-,34+,35+;/m0./s1. The van der Waals surface area contributed by atoms with Crippen LogP contribution in [-0.2, 0) is 63.6 Å². The lowest BCUT2D eigenvalue weighted by Crippen LogP contribution is -2.60. The van der Waals surface area contributed by atoms with E-state index in [-0.39, 0.29) is 24.4 Å². The molecule has 2 heterocycles. The third-order valence-electron chi connectivity index (χ3n) is 9.48. The second kappa shape index (κ2) is 19.3. The van der Waals surface area contributed by atoms with Crippen molar-refractivity contribution >= 4 is 10.9 Å². The highest BCUT2D eigenvalue weighted by Crippen LogP contribution is 2.31. The molecule has 7 rings (SSSR count). The van der Waals surface area contributed by atoms with Crippen molar-refractivity contribution in [3.63, 3.8) is 0 Å². The lowest BCUT2D eigenvalue weighted by molar-refractivity contribution is -0.269. The predicted octanol–water partition coefficient (Wildman–Crippen LogP) is 9.49. The van der Waals surface area contributed by atoms with E-state index in [1.165, 1.54) is 16.5 Å². The highest BCUT2D eigenvalue weighted by molar-refractivity contribution is 5.83. The molecule has 5 atom stereocenters. The Balaban J connectivity index is 0.000000325. The van der Waals surface area contributed by atoms with E-state index in [4.69, 9.17) is 23.7 Å². The Bertz CT molecular complexity index is 1880. The van der Waals surface area contributed by atoms with Crippen LogP contribution in [0.5, 0.6) is 0 Å². The molecule has 0 radical (unpaired) electrons. The molecule has 52 heavy (non-hydrogen) atoms. The zero-order valence-corrected chi connectivity index (χ0v) is 30.6. The highest BCUT2D eigenvalue weighted by atomic mass is 16.6. The van der Waals surface area contributed by atoms with Crippen LogP contribution in [0.2, 0.25) is 0 Å². The van der Waals surface area contributed by atoms with Crippen LogP contribution >= 0.6 is 0 Å². The van der Waals surface area contributed by atoms with Crippen molar-refractivity contribution in [2.45, 2.75) is 77.2 Å². The van der Waals surface area contributed by atoms with Crippen LogP contribution in [0.15, 0.2) is 152 Å². The molecule has 6 heteroatoms. The third kappa shape index (κ3) is 10.3. The van der Waals surface area contributed by atoms with Gasteiger partial charge in [-0.25, -0.2) is 0 Å². The summed E-state index contributed by atoms with van der Waals surface area (Å²) in [6, 6.07) is 49.3. The number of para-hydroxylation sites is 1. The number of aromatic nitrogens is 1. The number of hydrogen-bond donors (Lipinski definition) is 0. The molecule has 1 fully saturated rings. The number of hydrogen-bond acceptors (Lipinski definition) is 5. The fourth-order valence-electron chi connectivity index (χ4n) is 6.73. The predicted molar refractivity (Wildman–Crippen MR) is 208 cm³/mol. The van der Waals surface area contributed by atoms with E-state index in [1.54, 1.807) is 0 Å². The summed E-state index contributed by atoms with van der Waals surface area (Å²) in [5.74, 6) is 0. The van der Waals surface area contributed by atoms with Gasteiger partial charge < -0.3 is 28.3 Å². The first kappa shape index (κ1) is 37.2. The van der Waals surface area contributed by atoms with Gasteiger partial charge in [0.25, 0.3) is 0 Å². The van der Waals surface area contributed by atoms with Crippen LogP contribution in [-0.4, -0.2) is 41.7 Å². The van der Waals surface area contributed by atoms with Gasteiger partial charge in [-0.3, -0.25) is 0 Å². The summed E-state index contributed by atoms with van der Waals surface area (Å²) in [7, 11) is 2.10. The molecule has 6 nitrogen and oxygen atoms in total. The molecule has 1 aliphatic heterocycles. The van der Waals surface area contributed by atoms with Crippen LogP contribution in [0.1, 0.15) is 41.7 Å². The Hall–Kier alpha value is -4.56. The Morgan fingerprint density at radius 2 is 0.981 bits per heavy atom. The zero-order chi connectivity index (χ0) is 36.0. The zero-order valence-electron chi connectivity index (χ0n) is 30.6. The summed E-state index contributed by atoms with van der Waals surface area (Å²) in [6.45, 7) is 6.49. The van der Waals surface area contributed by atoms with Crippen LogP contribution in [0.4, 0.5) is 0 Å². The highest BCUT2D eigenvalue weighted by Gasteiger charge is 2.46. The fraction of sp³-hybridized carbons (Fsp3) is 0.304. The molecular formula is C46H51NO5. The minimum absolute atomic E-state index is 0.216. The van der Waals surface area contributed by atoms with E-state index in [0.29, 0.717) is 33.0 Å². The number of nitrogens with zero attached hydrogens (tertiary/aromatic N) is 1. The first-order chi connectivity index (χ1) is 25.6. The van der Waals surface area contributed by atoms with E-state index in [1.807, 2.05) is 79.7 Å². The first-order valence-electron chi connectivity index (χ1n) is 18.4. The van der Waals surface area contributed by atoms with E-state index in [2.05, 4.69) is 97.5 Å². The van der Waals surface area contributed by atoms with Gasteiger partial charge in [0.15, 0.2) is 0 Å². The summed E-state index contributed by atoms with van der Waals surface area (Å²) < 4.78 is 34.7. The van der Waals surface area contributed by atoms with E-state index in [9.17, 15) is 0 Å². The average Bonchev–Trinajstić information content (AvgIpc) is 3.53. The van der Waals surface area contributed by atoms with Crippen molar-refractivity contribution in [2.24, 2.45) is 7.05 Å². The van der Waals surface area contributed by atoms with Gasteiger partial charge >= 0.3 is 0 Å². The van der Waals surface area contributed by atoms with Crippen molar-refractivity contribution in [1.29, 1.82) is 0 Å². The van der Waals surface area contributed by atoms with Gasteiger partial charge in [-0.1, -0.05) is 146 Å². The Morgan fingerprint density at radius 3 is 1.50 bits per heavy atom. The second-order valence-electron chi connectivity index (χ2n) is 13.3. The molecule has 1 aromatic heterocycles. The molecule has 0 spiro atoms. The largest absolute Gasteiger partial charge is 0.374 e. The minimum Gasteiger partial charge on any atom is -0.374 e. The maximum absolute atomic E-state index is 6.65. The topological polar surface area (TPSA) is 51.1 Å². The molecule has 270 valence electrons. The molecule has 5 aromatic carbocycles. The summed E-state index contributed by atoms with van der Waals surface area (Å²) >= 11 is 0. The van der Waals surface area contributed by atoms with Crippen molar-refractivity contribution in [3.8, 4) is 0 Å². The monoisotopic (exact) mass is 697 g/mol. The molecule has 0 unspecified atom stereocenters. The van der Waals surface area contributed by atoms with Gasteiger partial charge in [-0.15, -0.1) is 0 Å². The molecule has 0 amide bonds. The lowest BCUT2D eigenvalue weighted by atomic mass is 9.94. The minimum atomic E-state index is -0.392. The van der Waals surface area contributed by atoms with Crippen molar-refractivity contribution in [1.82, 2.24) is 4.57 Å². The molecule has 0 N–H and O–H groups in total.